The second-order valence-electron chi connectivity index (χ2n) is 19.1. The van der Waals surface area contributed by atoms with Crippen LogP contribution in [-0.2, 0) is 33.3 Å². The van der Waals surface area contributed by atoms with Gasteiger partial charge in [-0.05, 0) is 116 Å². The van der Waals surface area contributed by atoms with Crippen LogP contribution >= 0.6 is 0 Å². The number of aliphatic carboxylic acids is 1. The Kier molecular flexibility index (Phi) is 49.9. The predicted molar refractivity (Wildman–Crippen MR) is 308 cm³/mol. The van der Waals surface area contributed by atoms with Crippen molar-refractivity contribution in [2.45, 2.75) is 193 Å². The van der Waals surface area contributed by atoms with Crippen LogP contribution in [0.4, 0.5) is 0 Å². The first kappa shape index (κ1) is 68.2. The quantitative estimate of drug-likeness (QED) is 0.0211. The lowest BCUT2D eigenvalue weighted by Gasteiger charge is -2.25. The van der Waals surface area contributed by atoms with Crippen LogP contribution in [0.3, 0.4) is 0 Å². The van der Waals surface area contributed by atoms with Crippen molar-refractivity contribution in [2.24, 2.45) is 0 Å². The lowest BCUT2D eigenvalue weighted by molar-refractivity contribution is -0.870. The number of carbonyl (C=O) groups is 3. The standard InChI is InChI=1S/C64H101NO8/c1-6-8-10-12-14-16-18-20-22-24-26-28-29-30-31-32-33-35-37-39-41-43-45-47-49-51-53-55-62(67)73-60(59-72-64(63(68)69)70-57-56-65(3,4)5)58-71-61(66)54-52-50-48-46-44-42-40-38-36-34-27-25-23-21-19-17-15-13-11-9-7-2/h8-11,14-17,20-23,26-28,30-31,33-35,38,40,44,46,60,64H,6-7,12-13,18-19,24-25,29,32,36-37,39,41-43,45,47-59H2,1-5H3/p+1/b10-8-,11-9-,16-14-,17-15-,22-20-,23-21-,28-26-,31-30-,34-27-,35-33-,40-38-,46-44-. The number of carboxylic acids is 1. The first-order valence-electron chi connectivity index (χ1n) is 28.0. The number of likely N-dealkylation sites (N-methyl/N-ethyl adjacent to an activating group) is 1. The minimum Gasteiger partial charge on any atom is -0.477 e. The van der Waals surface area contributed by atoms with Gasteiger partial charge in [0.1, 0.15) is 13.2 Å². The van der Waals surface area contributed by atoms with Crippen molar-refractivity contribution in [1.82, 2.24) is 0 Å². The van der Waals surface area contributed by atoms with Crippen molar-refractivity contribution in [3.8, 4) is 0 Å². The van der Waals surface area contributed by atoms with E-state index in [1.807, 2.05) is 21.1 Å². The van der Waals surface area contributed by atoms with Crippen molar-refractivity contribution in [1.29, 1.82) is 0 Å². The van der Waals surface area contributed by atoms with Gasteiger partial charge in [-0.2, -0.15) is 0 Å². The molecule has 0 bridgehead atoms. The maximum absolute atomic E-state index is 12.9. The monoisotopic (exact) mass is 1010 g/mol. The Morgan fingerprint density at radius 1 is 0.411 bits per heavy atom. The molecule has 0 rings (SSSR count). The van der Waals surface area contributed by atoms with E-state index in [-0.39, 0.29) is 32.7 Å². The second-order valence-corrected chi connectivity index (χ2v) is 19.1. The molecule has 0 amide bonds. The molecule has 0 fully saturated rings. The fraction of sp³-hybridized carbons (Fsp3) is 0.578. The number of nitrogens with zero attached hydrogens (tertiary/aromatic N) is 1. The number of quaternary nitrogens is 1. The van der Waals surface area contributed by atoms with Gasteiger partial charge in [0.25, 0.3) is 6.29 Å². The largest absolute Gasteiger partial charge is 0.477 e. The van der Waals surface area contributed by atoms with Crippen LogP contribution in [0.2, 0.25) is 0 Å². The summed E-state index contributed by atoms with van der Waals surface area (Å²) in [5.41, 5.74) is 0. The highest BCUT2D eigenvalue weighted by atomic mass is 16.7. The van der Waals surface area contributed by atoms with Crippen LogP contribution in [0.1, 0.15) is 181 Å². The van der Waals surface area contributed by atoms with Gasteiger partial charge in [0.2, 0.25) is 0 Å². The molecule has 410 valence electrons. The zero-order valence-corrected chi connectivity index (χ0v) is 46.5. The van der Waals surface area contributed by atoms with Crippen molar-refractivity contribution in [3.63, 3.8) is 0 Å². The molecule has 0 radical (unpaired) electrons. The third-order valence-corrected chi connectivity index (χ3v) is 11.1. The molecule has 0 spiro atoms. The molecular formula is C64H102NO8+. The maximum atomic E-state index is 12.9. The molecule has 1 N–H and O–H groups in total. The van der Waals surface area contributed by atoms with Gasteiger partial charge < -0.3 is 28.5 Å². The van der Waals surface area contributed by atoms with E-state index in [9.17, 15) is 19.5 Å². The zero-order valence-electron chi connectivity index (χ0n) is 46.5. The summed E-state index contributed by atoms with van der Waals surface area (Å²) in [6.07, 6.45) is 74.9. The Morgan fingerprint density at radius 3 is 1.12 bits per heavy atom. The summed E-state index contributed by atoms with van der Waals surface area (Å²) in [6, 6.07) is 0. The van der Waals surface area contributed by atoms with E-state index in [1.54, 1.807) is 0 Å². The molecule has 73 heavy (non-hydrogen) atoms. The van der Waals surface area contributed by atoms with E-state index in [0.717, 1.165) is 116 Å². The van der Waals surface area contributed by atoms with Crippen LogP contribution < -0.4 is 0 Å². The van der Waals surface area contributed by atoms with Crippen LogP contribution in [0.5, 0.6) is 0 Å². The Bertz CT molecular complexity index is 1700. The van der Waals surface area contributed by atoms with Gasteiger partial charge in [-0.3, -0.25) is 9.59 Å². The lowest BCUT2D eigenvalue weighted by atomic mass is 10.1. The van der Waals surface area contributed by atoms with Gasteiger partial charge in [0, 0.05) is 12.8 Å². The van der Waals surface area contributed by atoms with Gasteiger partial charge in [-0.15, -0.1) is 0 Å². The van der Waals surface area contributed by atoms with E-state index in [0.29, 0.717) is 23.9 Å². The topological polar surface area (TPSA) is 108 Å². The fourth-order valence-corrected chi connectivity index (χ4v) is 6.84. The first-order chi connectivity index (χ1) is 35.6. The molecule has 2 atom stereocenters. The Labute approximate surface area is 445 Å². The highest BCUT2D eigenvalue weighted by Crippen LogP contribution is 2.13. The summed E-state index contributed by atoms with van der Waals surface area (Å²) in [4.78, 5) is 37.4. The van der Waals surface area contributed by atoms with Crippen molar-refractivity contribution < 1.29 is 42.9 Å². The van der Waals surface area contributed by atoms with Gasteiger partial charge >= 0.3 is 17.9 Å². The summed E-state index contributed by atoms with van der Waals surface area (Å²) in [5.74, 6) is -2.10. The summed E-state index contributed by atoms with van der Waals surface area (Å²) in [5, 5.41) is 9.70. The van der Waals surface area contributed by atoms with Gasteiger partial charge in [0.05, 0.1) is 34.4 Å². The molecule has 0 aromatic rings. The second kappa shape index (κ2) is 53.5. The molecule has 0 aromatic heterocycles. The first-order valence-corrected chi connectivity index (χ1v) is 28.0. The van der Waals surface area contributed by atoms with Crippen molar-refractivity contribution in [2.75, 3.05) is 47.5 Å². The maximum Gasteiger partial charge on any atom is 0.361 e. The number of esters is 2. The number of unbranched alkanes of at least 4 members (excludes halogenated alkanes) is 10. The van der Waals surface area contributed by atoms with E-state index in [4.69, 9.17) is 18.9 Å². The Balaban J connectivity index is 4.41. The number of rotatable bonds is 49. The molecule has 0 aliphatic heterocycles. The lowest BCUT2D eigenvalue weighted by Crippen LogP contribution is -2.40. The highest BCUT2D eigenvalue weighted by Gasteiger charge is 2.25. The van der Waals surface area contributed by atoms with Crippen molar-refractivity contribution >= 4 is 17.9 Å². The molecule has 0 aliphatic rings. The van der Waals surface area contributed by atoms with Gasteiger partial charge in [-0.1, -0.05) is 198 Å². The molecular weight excluding hydrogens is 911 g/mol. The normalized spacial score (nSPS) is 13.9. The predicted octanol–water partition coefficient (Wildman–Crippen LogP) is 16.4. The number of allylic oxidation sites excluding steroid dienone is 24. The molecule has 0 heterocycles. The molecule has 9 nitrogen and oxygen atoms in total. The summed E-state index contributed by atoms with van der Waals surface area (Å²) in [7, 11) is 5.93. The number of carboxylic acid groups (broad SMARTS) is 1. The summed E-state index contributed by atoms with van der Waals surface area (Å²) >= 11 is 0. The SMILES string of the molecule is CC/C=C\C/C=C\C/C=C\C/C=C\C/C=C\C/C=C\CCCCCCCCCCC(=O)OC(COC(=O)CCCC/C=C\C/C=C\C/C=C\C/C=C\C/C=C\C/C=C\CC)COC(OCC[N+](C)(C)C)C(=O)O. The molecule has 9 heteroatoms. The molecule has 0 saturated carbocycles. The third-order valence-electron chi connectivity index (χ3n) is 11.1. The summed E-state index contributed by atoms with van der Waals surface area (Å²) in [6.45, 7) is 4.56. The number of ether oxygens (including phenoxy) is 4. The molecule has 0 aromatic carbocycles. The minimum atomic E-state index is -1.53. The molecule has 0 saturated heterocycles. The fourth-order valence-electron chi connectivity index (χ4n) is 6.84. The highest BCUT2D eigenvalue weighted by molar-refractivity contribution is 5.71. The van der Waals surface area contributed by atoms with E-state index >= 15 is 0 Å². The number of hydrogen-bond acceptors (Lipinski definition) is 7. The van der Waals surface area contributed by atoms with E-state index < -0.39 is 30.3 Å². The summed E-state index contributed by atoms with van der Waals surface area (Å²) < 4.78 is 22.8. The number of carbonyl (C=O) groups excluding carboxylic acids is 2. The smallest absolute Gasteiger partial charge is 0.361 e. The van der Waals surface area contributed by atoms with Crippen LogP contribution in [0, 0.1) is 0 Å². The van der Waals surface area contributed by atoms with Gasteiger partial charge in [0.15, 0.2) is 6.10 Å². The number of hydrogen-bond donors (Lipinski definition) is 1. The average molecular weight is 1010 g/mol. The van der Waals surface area contributed by atoms with Gasteiger partial charge in [-0.25, -0.2) is 4.79 Å². The van der Waals surface area contributed by atoms with Crippen LogP contribution in [-0.4, -0.2) is 87.4 Å². The zero-order chi connectivity index (χ0) is 53.4. The van der Waals surface area contributed by atoms with Crippen LogP contribution in [0.25, 0.3) is 0 Å². The third kappa shape index (κ3) is 54.8. The Hall–Kier alpha value is -4.83. The molecule has 2 unspecified atom stereocenters. The van der Waals surface area contributed by atoms with Crippen molar-refractivity contribution in [3.05, 3.63) is 146 Å². The van der Waals surface area contributed by atoms with Crippen LogP contribution in [0.15, 0.2) is 146 Å². The average Bonchev–Trinajstić information content (AvgIpc) is 3.36. The molecule has 0 aliphatic carbocycles. The van der Waals surface area contributed by atoms with E-state index in [2.05, 4.69) is 160 Å². The minimum absolute atomic E-state index is 0.169. The Morgan fingerprint density at radius 2 is 0.740 bits per heavy atom. The van der Waals surface area contributed by atoms with E-state index in [1.165, 1.54) is 25.7 Å².